The molecule has 1 atom stereocenters. The van der Waals surface area contributed by atoms with Gasteiger partial charge in [0.1, 0.15) is 6.20 Å². The van der Waals surface area contributed by atoms with Crippen LogP contribution in [-0.4, -0.2) is 77.4 Å². The fourth-order valence-electron chi connectivity index (χ4n) is 3.80. The summed E-state index contributed by atoms with van der Waals surface area (Å²) in [7, 11) is 0. The van der Waals surface area contributed by atoms with Crippen molar-refractivity contribution in [2.24, 2.45) is 0 Å². The third kappa shape index (κ3) is 5.55. The highest BCUT2D eigenvalue weighted by molar-refractivity contribution is 6.28. The number of carbonyl (C=O) groups is 1. The van der Waals surface area contributed by atoms with E-state index in [0.29, 0.717) is 32.5 Å². The van der Waals surface area contributed by atoms with E-state index in [1.165, 1.54) is 15.7 Å². The lowest BCUT2D eigenvalue weighted by atomic mass is 9.96. The lowest BCUT2D eigenvalue weighted by Gasteiger charge is -2.44. The van der Waals surface area contributed by atoms with Crippen LogP contribution in [-0.2, 0) is 6.54 Å². The molecule has 0 bridgehead atoms. The van der Waals surface area contributed by atoms with Gasteiger partial charge in [0.25, 0.3) is 0 Å². The molecule has 1 fully saturated rings. The Balaban J connectivity index is 1.96. The highest BCUT2D eigenvalue weighted by Crippen LogP contribution is 2.26. The molecule has 0 saturated carbocycles. The minimum absolute atomic E-state index is 0.0482. The van der Waals surface area contributed by atoms with E-state index in [2.05, 4.69) is 9.88 Å². The maximum atomic E-state index is 11.6. The van der Waals surface area contributed by atoms with Crippen molar-refractivity contribution in [2.75, 3.05) is 19.6 Å². The largest absolute Gasteiger partial charge is 0.465 e. The number of aromatic nitrogens is 2. The average Bonchev–Trinajstić information content (AvgIpc) is 2.87. The summed E-state index contributed by atoms with van der Waals surface area (Å²) in [6.07, 6.45) is 1.64. The minimum Gasteiger partial charge on any atom is -0.465 e. The Labute approximate surface area is 168 Å². The predicted molar refractivity (Wildman–Crippen MR) is 104 cm³/mol. The smallest absolute Gasteiger partial charge is 0.407 e. The number of likely N-dealkylation sites (tertiary alicyclic amines) is 1. The Bertz CT molecular complexity index is 722. The predicted octanol–water partition coefficient (Wildman–Crippen LogP) is 2.44. The van der Waals surface area contributed by atoms with Gasteiger partial charge in [-0.15, -0.1) is 0 Å². The van der Waals surface area contributed by atoms with Crippen molar-refractivity contribution in [3.63, 3.8) is 0 Å². The number of imidazole rings is 1. The number of nitrogens with zero attached hydrogens (tertiary/aromatic N) is 5. The van der Waals surface area contributed by atoms with E-state index in [9.17, 15) is 25.1 Å². The number of piperidine rings is 1. The second-order valence-corrected chi connectivity index (χ2v) is 8.92. The molecule has 158 valence electrons. The molecular formula is C17H28ClN5O5. The molecule has 28 heavy (non-hydrogen) atoms. The summed E-state index contributed by atoms with van der Waals surface area (Å²) in [5.41, 5.74) is -1.65. The molecule has 1 aliphatic heterocycles. The van der Waals surface area contributed by atoms with Gasteiger partial charge in [-0.05, 0) is 62.0 Å². The standard InChI is InChI=1S/C17H28ClN5O5/c1-16(2,3)22(15(24)25)12-5-7-20(8-6-12)10-17(4,26)11-21-9-13(23(27)28)19-14(21)18/h9,12,26H,5-8,10-11H2,1-4H3,(H,24,25)/t17-/m0/s1. The highest BCUT2D eigenvalue weighted by atomic mass is 35.5. The zero-order valence-electron chi connectivity index (χ0n) is 16.6. The lowest BCUT2D eigenvalue weighted by molar-refractivity contribution is -0.389. The summed E-state index contributed by atoms with van der Waals surface area (Å²) in [6, 6.07) is -0.0653. The van der Waals surface area contributed by atoms with Gasteiger partial charge in [-0.25, -0.2) is 4.79 Å². The van der Waals surface area contributed by atoms with Gasteiger partial charge in [-0.3, -0.25) is 4.57 Å². The maximum absolute atomic E-state index is 11.6. The van der Waals surface area contributed by atoms with E-state index in [0.717, 1.165) is 0 Å². The second-order valence-electron chi connectivity index (χ2n) is 8.58. The van der Waals surface area contributed by atoms with E-state index < -0.39 is 22.2 Å². The van der Waals surface area contributed by atoms with Crippen molar-refractivity contribution < 1.29 is 19.9 Å². The molecule has 2 rings (SSSR count). The van der Waals surface area contributed by atoms with Crippen molar-refractivity contribution in [1.82, 2.24) is 19.4 Å². The summed E-state index contributed by atoms with van der Waals surface area (Å²) in [5, 5.41) is 31.1. The Morgan fingerprint density at radius 2 is 1.93 bits per heavy atom. The van der Waals surface area contributed by atoms with Gasteiger partial charge in [0, 0.05) is 31.2 Å². The topological polar surface area (TPSA) is 125 Å². The molecule has 1 saturated heterocycles. The van der Waals surface area contributed by atoms with Crippen LogP contribution in [0.5, 0.6) is 0 Å². The summed E-state index contributed by atoms with van der Waals surface area (Å²) in [6.45, 7) is 8.99. The lowest BCUT2D eigenvalue weighted by Crippen LogP contribution is -2.56. The third-order valence-corrected chi connectivity index (χ3v) is 5.13. The van der Waals surface area contributed by atoms with Crippen molar-refractivity contribution in [1.29, 1.82) is 0 Å². The van der Waals surface area contributed by atoms with Gasteiger partial charge in [0.2, 0.25) is 0 Å². The number of nitro groups is 1. The fraction of sp³-hybridized carbons (Fsp3) is 0.765. The van der Waals surface area contributed by atoms with Crippen LogP contribution in [0, 0.1) is 10.1 Å². The molecule has 0 aliphatic carbocycles. The monoisotopic (exact) mass is 417 g/mol. The second kappa shape index (κ2) is 8.22. The number of carboxylic acid groups (broad SMARTS) is 1. The maximum Gasteiger partial charge on any atom is 0.407 e. The average molecular weight is 418 g/mol. The number of β-amino-alcohol motifs (C(OH)–C–C–N with tert-alkyl or cyclic N) is 1. The van der Waals surface area contributed by atoms with Crippen molar-refractivity contribution >= 4 is 23.5 Å². The van der Waals surface area contributed by atoms with Gasteiger partial charge in [0.15, 0.2) is 0 Å². The van der Waals surface area contributed by atoms with Crippen molar-refractivity contribution in [3.05, 3.63) is 21.6 Å². The van der Waals surface area contributed by atoms with Gasteiger partial charge in [0.05, 0.1) is 12.1 Å². The molecule has 0 radical (unpaired) electrons. The molecule has 2 heterocycles. The Hall–Kier alpha value is -1.91. The molecule has 11 heteroatoms. The summed E-state index contributed by atoms with van der Waals surface area (Å²) in [5.74, 6) is -0.363. The molecule has 1 amide bonds. The highest BCUT2D eigenvalue weighted by Gasteiger charge is 2.36. The minimum atomic E-state index is -1.18. The third-order valence-electron chi connectivity index (χ3n) is 4.83. The van der Waals surface area contributed by atoms with Gasteiger partial charge < -0.3 is 30.1 Å². The summed E-state index contributed by atoms with van der Waals surface area (Å²) in [4.78, 5) is 29.0. The molecular weight excluding hydrogens is 390 g/mol. The summed E-state index contributed by atoms with van der Waals surface area (Å²) < 4.78 is 1.36. The van der Waals surface area contributed by atoms with Crippen LogP contribution >= 0.6 is 11.6 Å². The Kier molecular flexibility index (Phi) is 6.57. The number of aliphatic hydroxyl groups is 1. The van der Waals surface area contributed by atoms with E-state index in [1.54, 1.807) is 6.92 Å². The molecule has 1 aliphatic rings. The molecule has 0 unspecified atom stereocenters. The van der Waals surface area contributed by atoms with E-state index in [-0.39, 0.29) is 23.7 Å². The van der Waals surface area contributed by atoms with Crippen LogP contribution in [0.1, 0.15) is 40.5 Å². The SMILES string of the molecule is CC(C)(C)N(C(=O)O)C1CCN(C[C@](C)(O)Cn2cc([N+](=O)[O-])nc2Cl)CC1. The summed E-state index contributed by atoms with van der Waals surface area (Å²) >= 11 is 5.93. The zero-order valence-corrected chi connectivity index (χ0v) is 17.4. The molecule has 2 N–H and O–H groups in total. The van der Waals surface area contributed by atoms with Crippen LogP contribution in [0.3, 0.4) is 0 Å². The molecule has 0 aromatic carbocycles. The van der Waals surface area contributed by atoms with E-state index in [1.807, 2.05) is 20.8 Å². The van der Waals surface area contributed by atoms with Crippen molar-refractivity contribution in [3.8, 4) is 0 Å². The number of halogens is 1. The first kappa shape index (κ1) is 22.4. The number of rotatable bonds is 6. The molecule has 1 aromatic rings. The van der Waals surface area contributed by atoms with E-state index >= 15 is 0 Å². The van der Waals surface area contributed by atoms with Gasteiger partial charge >= 0.3 is 17.2 Å². The number of hydrogen-bond donors (Lipinski definition) is 2. The zero-order chi connectivity index (χ0) is 21.3. The molecule has 1 aromatic heterocycles. The van der Waals surface area contributed by atoms with Crippen LogP contribution < -0.4 is 0 Å². The van der Waals surface area contributed by atoms with Crippen LogP contribution in [0.4, 0.5) is 10.6 Å². The van der Waals surface area contributed by atoms with Gasteiger partial charge in [-0.2, -0.15) is 0 Å². The first-order valence-electron chi connectivity index (χ1n) is 9.14. The first-order valence-corrected chi connectivity index (χ1v) is 9.52. The fourth-order valence-corrected chi connectivity index (χ4v) is 4.00. The number of hydrogen-bond acceptors (Lipinski definition) is 6. The number of amides is 1. The quantitative estimate of drug-likeness (QED) is 0.537. The van der Waals surface area contributed by atoms with E-state index in [4.69, 9.17) is 11.6 Å². The van der Waals surface area contributed by atoms with Gasteiger partial charge in [-0.1, -0.05) is 0 Å². The van der Waals surface area contributed by atoms with Crippen LogP contribution in [0.15, 0.2) is 6.20 Å². The Morgan fingerprint density at radius 1 is 1.36 bits per heavy atom. The molecule has 10 nitrogen and oxygen atoms in total. The first-order chi connectivity index (χ1) is 12.8. The van der Waals surface area contributed by atoms with Crippen LogP contribution in [0.25, 0.3) is 0 Å². The molecule has 0 spiro atoms. The van der Waals surface area contributed by atoms with Crippen molar-refractivity contribution in [2.45, 2.75) is 64.3 Å². The normalized spacial score (nSPS) is 18.6. The Morgan fingerprint density at radius 3 is 2.36 bits per heavy atom. The van der Waals surface area contributed by atoms with Crippen LogP contribution in [0.2, 0.25) is 5.28 Å².